The van der Waals surface area contributed by atoms with Gasteiger partial charge in [0.15, 0.2) is 12.4 Å². The highest BCUT2D eigenvalue weighted by Crippen LogP contribution is 2.35. The Morgan fingerprint density at radius 1 is 0.839 bits per heavy atom. The number of aryl methyl sites for hydroxylation is 2. The van der Waals surface area contributed by atoms with E-state index < -0.39 is 50.9 Å². The van der Waals surface area contributed by atoms with Gasteiger partial charge in [0.2, 0.25) is 0 Å². The minimum absolute atomic E-state index is 0.0533. The van der Waals surface area contributed by atoms with Gasteiger partial charge in [-0.2, -0.15) is 16.8 Å². The SMILES string of the molecule is Cc1ccc(S(=O)(=O)OC2COC3OC2C(O)C3OS(=O)(=O)c2ccc(C)cc2)cc1. The van der Waals surface area contributed by atoms with Crippen molar-refractivity contribution in [2.24, 2.45) is 0 Å². The van der Waals surface area contributed by atoms with E-state index >= 15 is 0 Å². The maximum atomic E-state index is 12.6. The minimum atomic E-state index is -4.21. The summed E-state index contributed by atoms with van der Waals surface area (Å²) in [6, 6.07) is 12.1. The summed E-state index contributed by atoms with van der Waals surface area (Å²) in [5.74, 6) is 0. The third kappa shape index (κ3) is 4.53. The molecule has 5 atom stereocenters. The summed E-state index contributed by atoms with van der Waals surface area (Å²) in [6.07, 6.45) is -6.34. The fraction of sp³-hybridized carbons (Fsp3) is 0.400. The molecule has 2 aliphatic heterocycles. The molecule has 0 aromatic heterocycles. The molecule has 2 aromatic carbocycles. The van der Waals surface area contributed by atoms with E-state index in [0.29, 0.717) is 0 Å². The quantitative estimate of drug-likeness (QED) is 0.621. The molecule has 2 heterocycles. The van der Waals surface area contributed by atoms with Gasteiger partial charge in [-0.3, -0.25) is 8.37 Å². The molecule has 11 heteroatoms. The summed E-state index contributed by atoms with van der Waals surface area (Å²) in [5, 5.41) is 10.6. The zero-order valence-electron chi connectivity index (χ0n) is 16.7. The second-order valence-corrected chi connectivity index (χ2v) is 10.7. The molecule has 31 heavy (non-hydrogen) atoms. The average molecular weight is 471 g/mol. The maximum absolute atomic E-state index is 12.6. The molecular weight excluding hydrogens is 448 g/mol. The highest BCUT2D eigenvalue weighted by Gasteiger charge is 2.55. The number of aliphatic hydroxyl groups excluding tert-OH is 1. The van der Waals surface area contributed by atoms with Crippen molar-refractivity contribution in [1.82, 2.24) is 0 Å². The lowest BCUT2D eigenvalue weighted by Crippen LogP contribution is -2.44. The molecule has 0 radical (unpaired) electrons. The molecule has 168 valence electrons. The summed E-state index contributed by atoms with van der Waals surface area (Å²) < 4.78 is 71.6. The Balaban J connectivity index is 1.49. The third-order valence-corrected chi connectivity index (χ3v) is 7.81. The van der Waals surface area contributed by atoms with Gasteiger partial charge in [-0.25, -0.2) is 0 Å². The van der Waals surface area contributed by atoms with E-state index in [1.54, 1.807) is 24.3 Å². The van der Waals surface area contributed by atoms with Crippen molar-refractivity contribution in [3.05, 3.63) is 59.7 Å². The standard InChI is InChI=1S/C20H22O9S2/c1-12-3-7-14(8-4-12)30(22,23)28-16-11-26-20-19(17(21)18(16)27-20)29-31(24,25)15-9-5-13(2)6-10-15/h3-10,16-21H,11H2,1-2H3. The molecule has 0 spiro atoms. The highest BCUT2D eigenvalue weighted by atomic mass is 32.2. The Labute approximate surface area is 180 Å². The maximum Gasteiger partial charge on any atom is 0.297 e. The van der Waals surface area contributed by atoms with Gasteiger partial charge in [-0.15, -0.1) is 0 Å². The van der Waals surface area contributed by atoms with E-state index in [1.807, 2.05) is 13.8 Å². The Morgan fingerprint density at radius 2 is 1.32 bits per heavy atom. The molecular formula is C20H22O9S2. The van der Waals surface area contributed by atoms with Crippen LogP contribution in [-0.4, -0.2) is 59.3 Å². The first kappa shape index (κ1) is 22.3. The summed E-state index contributed by atoms with van der Waals surface area (Å²) in [7, 11) is -8.37. The van der Waals surface area contributed by atoms with E-state index in [1.165, 1.54) is 24.3 Å². The first-order valence-corrected chi connectivity index (χ1v) is 12.3. The molecule has 2 aromatic rings. The summed E-state index contributed by atoms with van der Waals surface area (Å²) in [6.45, 7) is 3.41. The molecule has 1 N–H and O–H groups in total. The molecule has 5 unspecified atom stereocenters. The van der Waals surface area contributed by atoms with E-state index in [-0.39, 0.29) is 16.4 Å². The number of rotatable bonds is 6. The Hall–Kier alpha value is -1.86. The zero-order chi connectivity index (χ0) is 22.4. The van der Waals surface area contributed by atoms with Gasteiger partial charge in [0.1, 0.15) is 18.3 Å². The van der Waals surface area contributed by atoms with Crippen molar-refractivity contribution < 1.29 is 39.8 Å². The predicted octanol–water partition coefficient (Wildman–Crippen LogP) is 1.27. The van der Waals surface area contributed by atoms with Crippen LogP contribution in [0, 0.1) is 13.8 Å². The van der Waals surface area contributed by atoms with Crippen LogP contribution < -0.4 is 0 Å². The molecule has 2 fully saturated rings. The number of fused-ring (bicyclic) bond motifs is 2. The van der Waals surface area contributed by atoms with Crippen LogP contribution in [-0.2, 0) is 38.1 Å². The smallest absolute Gasteiger partial charge is 0.297 e. The summed E-state index contributed by atoms with van der Waals surface area (Å²) in [4.78, 5) is -0.135. The van der Waals surface area contributed by atoms with Gasteiger partial charge in [-0.05, 0) is 38.1 Å². The summed E-state index contributed by atoms with van der Waals surface area (Å²) in [5.41, 5.74) is 1.75. The number of hydrogen-bond acceptors (Lipinski definition) is 9. The van der Waals surface area contributed by atoms with E-state index in [9.17, 15) is 21.9 Å². The van der Waals surface area contributed by atoms with Crippen molar-refractivity contribution in [3.63, 3.8) is 0 Å². The molecule has 2 aliphatic rings. The monoisotopic (exact) mass is 470 g/mol. The zero-order valence-corrected chi connectivity index (χ0v) is 18.4. The van der Waals surface area contributed by atoms with Gasteiger partial charge < -0.3 is 14.6 Å². The lowest BCUT2D eigenvalue weighted by molar-refractivity contribution is -0.225. The van der Waals surface area contributed by atoms with Crippen LogP contribution >= 0.6 is 0 Å². The minimum Gasteiger partial charge on any atom is -0.387 e. The molecule has 4 rings (SSSR count). The number of ether oxygens (including phenoxy) is 2. The molecule has 0 aliphatic carbocycles. The van der Waals surface area contributed by atoms with Crippen molar-refractivity contribution in [3.8, 4) is 0 Å². The van der Waals surface area contributed by atoms with Gasteiger partial charge in [0.05, 0.1) is 16.4 Å². The Bertz CT molecular complexity index is 1140. The topological polar surface area (TPSA) is 125 Å². The van der Waals surface area contributed by atoms with E-state index in [0.717, 1.165) is 11.1 Å². The number of hydrogen-bond donors (Lipinski definition) is 1. The second kappa shape index (κ2) is 8.24. The van der Waals surface area contributed by atoms with Crippen LogP contribution in [0.3, 0.4) is 0 Å². The average Bonchev–Trinajstić information content (AvgIpc) is 2.96. The lowest BCUT2D eigenvalue weighted by Gasteiger charge is -2.29. The second-order valence-electron chi connectivity index (χ2n) is 7.52. The van der Waals surface area contributed by atoms with Crippen LogP contribution in [0.4, 0.5) is 0 Å². The number of aliphatic hydroxyl groups is 1. The Kier molecular flexibility index (Phi) is 5.94. The first-order chi connectivity index (χ1) is 14.6. The van der Waals surface area contributed by atoms with Crippen LogP contribution in [0.5, 0.6) is 0 Å². The molecule has 2 saturated heterocycles. The van der Waals surface area contributed by atoms with Gasteiger partial charge in [0.25, 0.3) is 20.2 Å². The van der Waals surface area contributed by atoms with Crippen molar-refractivity contribution in [2.75, 3.05) is 6.61 Å². The van der Waals surface area contributed by atoms with E-state index in [2.05, 4.69) is 0 Å². The molecule has 0 saturated carbocycles. The fourth-order valence-electron chi connectivity index (χ4n) is 3.40. The van der Waals surface area contributed by atoms with Crippen molar-refractivity contribution in [2.45, 2.75) is 54.3 Å². The Morgan fingerprint density at radius 3 is 1.84 bits per heavy atom. The summed E-state index contributed by atoms with van der Waals surface area (Å²) >= 11 is 0. The van der Waals surface area contributed by atoms with Crippen LogP contribution in [0.15, 0.2) is 58.3 Å². The van der Waals surface area contributed by atoms with Gasteiger partial charge >= 0.3 is 0 Å². The van der Waals surface area contributed by atoms with Gasteiger partial charge in [-0.1, -0.05) is 35.4 Å². The molecule has 0 amide bonds. The van der Waals surface area contributed by atoms with Crippen LogP contribution in [0.25, 0.3) is 0 Å². The number of benzene rings is 2. The highest BCUT2D eigenvalue weighted by molar-refractivity contribution is 7.87. The normalized spacial score (nSPS) is 28.5. The fourth-order valence-corrected chi connectivity index (χ4v) is 5.55. The van der Waals surface area contributed by atoms with Gasteiger partial charge in [0, 0.05) is 0 Å². The van der Waals surface area contributed by atoms with Crippen molar-refractivity contribution in [1.29, 1.82) is 0 Å². The van der Waals surface area contributed by atoms with Crippen molar-refractivity contribution >= 4 is 20.2 Å². The molecule has 9 nitrogen and oxygen atoms in total. The van der Waals surface area contributed by atoms with E-state index in [4.69, 9.17) is 17.8 Å². The predicted molar refractivity (Wildman–Crippen MR) is 107 cm³/mol. The van der Waals surface area contributed by atoms with Crippen LogP contribution in [0.1, 0.15) is 11.1 Å². The van der Waals surface area contributed by atoms with Crippen LogP contribution in [0.2, 0.25) is 0 Å². The lowest BCUT2D eigenvalue weighted by atomic mass is 10.1. The molecule has 2 bridgehead atoms. The third-order valence-electron chi connectivity index (χ3n) is 5.13. The first-order valence-electron chi connectivity index (χ1n) is 9.52. The largest absolute Gasteiger partial charge is 0.387 e.